The summed E-state index contributed by atoms with van der Waals surface area (Å²) in [5.41, 5.74) is 0. The SMILES string of the molecule is O=C(COc1cc(Cl)ccc1Cl)NCCN1CCNCC1. The lowest BCUT2D eigenvalue weighted by Gasteiger charge is -2.27. The number of hydrogen-bond donors (Lipinski definition) is 2. The fraction of sp³-hybridized carbons (Fsp3) is 0.500. The molecule has 21 heavy (non-hydrogen) atoms. The van der Waals surface area contributed by atoms with E-state index in [1.807, 2.05) is 0 Å². The Labute approximate surface area is 134 Å². The number of carbonyl (C=O) groups is 1. The highest BCUT2D eigenvalue weighted by molar-refractivity contribution is 6.34. The smallest absolute Gasteiger partial charge is 0.257 e. The van der Waals surface area contributed by atoms with Crippen LogP contribution in [0, 0.1) is 0 Å². The highest BCUT2D eigenvalue weighted by Crippen LogP contribution is 2.27. The maximum atomic E-state index is 11.7. The van der Waals surface area contributed by atoms with Crippen LogP contribution in [0.4, 0.5) is 0 Å². The molecule has 1 saturated heterocycles. The van der Waals surface area contributed by atoms with Gasteiger partial charge in [0.25, 0.3) is 5.91 Å². The van der Waals surface area contributed by atoms with Crippen molar-refractivity contribution in [3.63, 3.8) is 0 Å². The van der Waals surface area contributed by atoms with Crippen molar-refractivity contribution < 1.29 is 9.53 Å². The van der Waals surface area contributed by atoms with Crippen molar-refractivity contribution in [1.82, 2.24) is 15.5 Å². The van der Waals surface area contributed by atoms with Crippen LogP contribution in [0.5, 0.6) is 5.75 Å². The van der Waals surface area contributed by atoms with Gasteiger partial charge in [0.1, 0.15) is 5.75 Å². The zero-order valence-electron chi connectivity index (χ0n) is 11.7. The van der Waals surface area contributed by atoms with Gasteiger partial charge < -0.3 is 15.4 Å². The first-order chi connectivity index (χ1) is 10.1. The average Bonchev–Trinajstić information content (AvgIpc) is 2.49. The molecule has 0 radical (unpaired) electrons. The third kappa shape index (κ3) is 5.71. The average molecular weight is 332 g/mol. The summed E-state index contributed by atoms with van der Waals surface area (Å²) < 4.78 is 5.37. The molecule has 1 amide bonds. The first-order valence-electron chi connectivity index (χ1n) is 6.93. The van der Waals surface area contributed by atoms with Crippen LogP contribution in [0.3, 0.4) is 0 Å². The van der Waals surface area contributed by atoms with E-state index in [2.05, 4.69) is 15.5 Å². The van der Waals surface area contributed by atoms with Gasteiger partial charge in [-0.25, -0.2) is 0 Å². The van der Waals surface area contributed by atoms with E-state index in [0.29, 0.717) is 22.3 Å². The van der Waals surface area contributed by atoms with Crippen LogP contribution in [0.25, 0.3) is 0 Å². The molecule has 0 aliphatic carbocycles. The molecule has 1 heterocycles. The molecule has 1 aromatic rings. The largest absolute Gasteiger partial charge is 0.482 e. The Morgan fingerprint density at radius 1 is 1.33 bits per heavy atom. The number of rotatable bonds is 6. The van der Waals surface area contributed by atoms with Crippen LogP contribution >= 0.6 is 23.2 Å². The van der Waals surface area contributed by atoms with Crippen molar-refractivity contribution in [2.45, 2.75) is 0 Å². The number of piperazine rings is 1. The summed E-state index contributed by atoms with van der Waals surface area (Å²) in [7, 11) is 0. The monoisotopic (exact) mass is 331 g/mol. The van der Waals surface area contributed by atoms with Crippen molar-refractivity contribution in [3.8, 4) is 5.75 Å². The molecule has 116 valence electrons. The molecule has 5 nitrogen and oxygen atoms in total. The van der Waals surface area contributed by atoms with Crippen LogP contribution in [0.15, 0.2) is 18.2 Å². The van der Waals surface area contributed by atoms with Gasteiger partial charge in [0, 0.05) is 50.4 Å². The summed E-state index contributed by atoms with van der Waals surface area (Å²) in [6, 6.07) is 4.91. The summed E-state index contributed by atoms with van der Waals surface area (Å²) >= 11 is 11.8. The third-order valence-electron chi connectivity index (χ3n) is 3.21. The van der Waals surface area contributed by atoms with Gasteiger partial charge in [-0.1, -0.05) is 23.2 Å². The number of benzene rings is 1. The minimum absolute atomic E-state index is 0.0678. The van der Waals surface area contributed by atoms with Gasteiger partial charge >= 0.3 is 0 Å². The molecule has 1 fully saturated rings. The van der Waals surface area contributed by atoms with E-state index >= 15 is 0 Å². The van der Waals surface area contributed by atoms with Crippen LogP contribution < -0.4 is 15.4 Å². The quantitative estimate of drug-likeness (QED) is 0.827. The molecule has 0 unspecified atom stereocenters. The first-order valence-corrected chi connectivity index (χ1v) is 7.68. The Morgan fingerprint density at radius 3 is 2.86 bits per heavy atom. The number of ether oxygens (including phenoxy) is 1. The Balaban J connectivity index is 1.66. The highest BCUT2D eigenvalue weighted by Gasteiger charge is 2.10. The standard InChI is InChI=1S/C14H19Cl2N3O2/c15-11-1-2-12(16)13(9-11)21-10-14(20)18-5-8-19-6-3-17-4-7-19/h1-2,9,17H,3-8,10H2,(H,18,20). The number of halogens is 2. The van der Waals surface area contributed by atoms with Gasteiger partial charge in [-0.15, -0.1) is 0 Å². The molecule has 0 aromatic heterocycles. The molecule has 2 rings (SSSR count). The molecule has 0 atom stereocenters. The molecule has 0 saturated carbocycles. The zero-order chi connectivity index (χ0) is 15.1. The molecule has 7 heteroatoms. The third-order valence-corrected chi connectivity index (χ3v) is 3.76. The van der Waals surface area contributed by atoms with Crippen molar-refractivity contribution in [2.75, 3.05) is 45.9 Å². The minimum Gasteiger partial charge on any atom is -0.482 e. The van der Waals surface area contributed by atoms with E-state index in [4.69, 9.17) is 27.9 Å². The summed E-state index contributed by atoms with van der Waals surface area (Å²) in [6.45, 7) is 5.45. The van der Waals surface area contributed by atoms with Crippen LogP contribution in [0.2, 0.25) is 10.0 Å². The molecule has 1 aliphatic rings. The lowest BCUT2D eigenvalue weighted by molar-refractivity contribution is -0.123. The second-order valence-corrected chi connectivity index (χ2v) is 5.65. The Hall–Kier alpha value is -1.01. The number of nitrogens with one attached hydrogen (secondary N) is 2. The normalized spacial score (nSPS) is 15.7. The van der Waals surface area contributed by atoms with Gasteiger partial charge in [-0.05, 0) is 12.1 Å². The highest BCUT2D eigenvalue weighted by atomic mass is 35.5. The zero-order valence-corrected chi connectivity index (χ0v) is 13.2. The summed E-state index contributed by atoms with van der Waals surface area (Å²) in [5.74, 6) is 0.252. The Morgan fingerprint density at radius 2 is 2.10 bits per heavy atom. The predicted octanol–water partition coefficient (Wildman–Crippen LogP) is 1.39. The second-order valence-electron chi connectivity index (χ2n) is 4.81. The van der Waals surface area contributed by atoms with Crippen molar-refractivity contribution in [2.24, 2.45) is 0 Å². The fourth-order valence-electron chi connectivity index (χ4n) is 2.07. The Bertz CT molecular complexity index is 479. The number of amides is 1. The maximum absolute atomic E-state index is 11.7. The van der Waals surface area contributed by atoms with Gasteiger partial charge in [0.2, 0.25) is 0 Å². The Kier molecular flexibility index (Phi) is 6.57. The first kappa shape index (κ1) is 16.4. The molecule has 0 spiro atoms. The fourth-order valence-corrected chi connectivity index (χ4v) is 2.40. The molecular weight excluding hydrogens is 313 g/mol. The molecule has 2 N–H and O–H groups in total. The van der Waals surface area contributed by atoms with Crippen molar-refractivity contribution in [1.29, 1.82) is 0 Å². The van der Waals surface area contributed by atoms with Gasteiger partial charge in [-0.2, -0.15) is 0 Å². The molecule has 0 bridgehead atoms. The van der Waals surface area contributed by atoms with Crippen LogP contribution in [-0.2, 0) is 4.79 Å². The number of hydrogen-bond acceptors (Lipinski definition) is 4. The number of nitrogens with zero attached hydrogens (tertiary/aromatic N) is 1. The van der Waals surface area contributed by atoms with E-state index in [-0.39, 0.29) is 12.5 Å². The summed E-state index contributed by atoms with van der Waals surface area (Å²) in [6.07, 6.45) is 0. The predicted molar refractivity (Wildman–Crippen MR) is 84.3 cm³/mol. The van der Waals surface area contributed by atoms with E-state index < -0.39 is 0 Å². The van der Waals surface area contributed by atoms with Gasteiger partial charge in [0.15, 0.2) is 6.61 Å². The van der Waals surface area contributed by atoms with Crippen LogP contribution in [-0.4, -0.2) is 56.7 Å². The molecule has 1 aliphatic heterocycles. The van der Waals surface area contributed by atoms with Gasteiger partial charge in [0.05, 0.1) is 5.02 Å². The van der Waals surface area contributed by atoms with E-state index in [1.54, 1.807) is 18.2 Å². The van der Waals surface area contributed by atoms with Crippen molar-refractivity contribution in [3.05, 3.63) is 28.2 Å². The van der Waals surface area contributed by atoms with E-state index in [9.17, 15) is 4.79 Å². The second kappa shape index (κ2) is 8.44. The minimum atomic E-state index is -0.166. The molecular formula is C14H19Cl2N3O2. The lowest BCUT2D eigenvalue weighted by Crippen LogP contribution is -2.46. The lowest BCUT2D eigenvalue weighted by atomic mass is 10.3. The molecule has 1 aromatic carbocycles. The topological polar surface area (TPSA) is 53.6 Å². The number of carbonyl (C=O) groups excluding carboxylic acids is 1. The van der Waals surface area contributed by atoms with Gasteiger partial charge in [-0.3, -0.25) is 9.69 Å². The maximum Gasteiger partial charge on any atom is 0.257 e. The summed E-state index contributed by atoms with van der Waals surface area (Å²) in [4.78, 5) is 14.0. The van der Waals surface area contributed by atoms with E-state index in [0.717, 1.165) is 32.7 Å². The van der Waals surface area contributed by atoms with E-state index in [1.165, 1.54) is 0 Å². The van der Waals surface area contributed by atoms with Crippen LogP contribution in [0.1, 0.15) is 0 Å². The summed E-state index contributed by atoms with van der Waals surface area (Å²) in [5, 5.41) is 7.08. The van der Waals surface area contributed by atoms with Crippen molar-refractivity contribution >= 4 is 29.1 Å².